The van der Waals surface area contributed by atoms with Crippen molar-refractivity contribution in [3.8, 4) is 0 Å². The maximum atomic E-state index is 11.9. The largest absolute Gasteiger partial charge is 0.388 e. The van der Waals surface area contributed by atoms with E-state index in [1.165, 1.54) is 17.6 Å². The van der Waals surface area contributed by atoms with Gasteiger partial charge in [-0.05, 0) is 13.8 Å². The molecule has 1 aromatic rings. The minimum atomic E-state index is -3.14. The summed E-state index contributed by atoms with van der Waals surface area (Å²) in [7, 11) is -3.14. The molecule has 1 N–H and O–H groups in total. The molecule has 5 nitrogen and oxygen atoms in total. The van der Waals surface area contributed by atoms with Crippen molar-refractivity contribution in [1.29, 1.82) is 0 Å². The van der Waals surface area contributed by atoms with Gasteiger partial charge in [-0.1, -0.05) is 11.3 Å². The SMILES string of the molecule is Cc1nc(N2CCSCC2S(C)(=O)=O)sc1C(C)O. The second kappa shape index (κ2) is 5.59. The van der Waals surface area contributed by atoms with Gasteiger partial charge in [-0.2, -0.15) is 11.8 Å². The van der Waals surface area contributed by atoms with Crippen LogP contribution in [0.2, 0.25) is 0 Å². The van der Waals surface area contributed by atoms with Crippen molar-refractivity contribution in [1.82, 2.24) is 4.98 Å². The first-order valence-corrected chi connectivity index (χ1v) is 9.92. The summed E-state index contributed by atoms with van der Waals surface area (Å²) >= 11 is 3.04. The highest BCUT2D eigenvalue weighted by Crippen LogP contribution is 2.34. The van der Waals surface area contributed by atoms with Gasteiger partial charge in [-0.15, -0.1) is 0 Å². The number of aliphatic hydroxyl groups excluding tert-OH is 1. The zero-order valence-electron chi connectivity index (χ0n) is 11.2. The van der Waals surface area contributed by atoms with E-state index in [2.05, 4.69) is 4.98 Å². The third-order valence-corrected chi connectivity index (χ3v) is 7.03. The molecular formula is C11H18N2O3S3. The lowest BCUT2D eigenvalue weighted by Gasteiger charge is -2.33. The van der Waals surface area contributed by atoms with Gasteiger partial charge in [0.25, 0.3) is 0 Å². The van der Waals surface area contributed by atoms with E-state index in [4.69, 9.17) is 0 Å². The van der Waals surface area contributed by atoms with Crippen LogP contribution in [0.3, 0.4) is 0 Å². The Morgan fingerprint density at radius 1 is 1.53 bits per heavy atom. The van der Waals surface area contributed by atoms with E-state index in [1.54, 1.807) is 18.7 Å². The maximum Gasteiger partial charge on any atom is 0.186 e. The van der Waals surface area contributed by atoms with Crippen LogP contribution in [0.25, 0.3) is 0 Å². The summed E-state index contributed by atoms with van der Waals surface area (Å²) in [6.45, 7) is 4.22. The Morgan fingerprint density at radius 2 is 2.21 bits per heavy atom. The van der Waals surface area contributed by atoms with E-state index in [9.17, 15) is 13.5 Å². The minimum absolute atomic E-state index is 0.515. The Morgan fingerprint density at radius 3 is 2.74 bits per heavy atom. The topological polar surface area (TPSA) is 70.5 Å². The fourth-order valence-electron chi connectivity index (χ4n) is 2.06. The van der Waals surface area contributed by atoms with E-state index in [-0.39, 0.29) is 0 Å². The highest BCUT2D eigenvalue weighted by Gasteiger charge is 2.33. The van der Waals surface area contributed by atoms with Crippen LogP contribution >= 0.6 is 23.1 Å². The molecule has 0 bridgehead atoms. The van der Waals surface area contributed by atoms with Gasteiger partial charge >= 0.3 is 0 Å². The zero-order valence-corrected chi connectivity index (χ0v) is 13.6. The van der Waals surface area contributed by atoms with Crippen LogP contribution in [0, 0.1) is 6.92 Å². The van der Waals surface area contributed by atoms with Crippen LogP contribution in [0.15, 0.2) is 0 Å². The standard InChI is InChI=1S/C11H18N2O3S3/c1-7-10(8(2)14)18-11(12-7)13-4-5-17-6-9(13)19(3,15)16/h8-9,14H,4-6H2,1-3H3. The molecule has 2 atom stereocenters. The van der Waals surface area contributed by atoms with Gasteiger partial charge < -0.3 is 10.0 Å². The molecular weight excluding hydrogens is 304 g/mol. The lowest BCUT2D eigenvalue weighted by molar-refractivity contribution is 0.202. The van der Waals surface area contributed by atoms with Crippen molar-refractivity contribution < 1.29 is 13.5 Å². The summed E-state index contributed by atoms with van der Waals surface area (Å²) in [5.41, 5.74) is 0.778. The average Bonchev–Trinajstić information content (AvgIpc) is 2.70. The number of aryl methyl sites for hydroxylation is 1. The molecule has 0 radical (unpaired) electrons. The Bertz CT molecular complexity index is 554. The monoisotopic (exact) mass is 322 g/mol. The van der Waals surface area contributed by atoms with E-state index in [0.717, 1.165) is 16.3 Å². The second-order valence-electron chi connectivity index (χ2n) is 4.67. The third kappa shape index (κ3) is 3.24. The van der Waals surface area contributed by atoms with Crippen LogP contribution in [-0.2, 0) is 9.84 Å². The fourth-order valence-corrected chi connectivity index (χ4v) is 6.02. The molecule has 19 heavy (non-hydrogen) atoms. The van der Waals surface area contributed by atoms with Crippen molar-refractivity contribution in [2.24, 2.45) is 0 Å². The number of aromatic nitrogens is 1. The van der Waals surface area contributed by atoms with Crippen molar-refractivity contribution in [3.63, 3.8) is 0 Å². The number of rotatable bonds is 3. The number of sulfone groups is 1. The number of hydrogen-bond donors (Lipinski definition) is 1. The lowest BCUT2D eigenvalue weighted by Crippen LogP contribution is -2.47. The number of nitrogens with zero attached hydrogens (tertiary/aromatic N) is 2. The molecule has 0 aliphatic carbocycles. The van der Waals surface area contributed by atoms with E-state index in [1.807, 2.05) is 11.8 Å². The van der Waals surface area contributed by atoms with Gasteiger partial charge in [0, 0.05) is 24.3 Å². The number of thiazole rings is 1. The zero-order chi connectivity index (χ0) is 14.2. The highest BCUT2D eigenvalue weighted by atomic mass is 32.2. The number of anilines is 1. The average molecular weight is 322 g/mol. The van der Waals surface area contributed by atoms with Crippen LogP contribution in [0.5, 0.6) is 0 Å². The smallest absolute Gasteiger partial charge is 0.186 e. The molecule has 2 heterocycles. The molecule has 1 aliphatic rings. The van der Waals surface area contributed by atoms with Gasteiger partial charge in [-0.25, -0.2) is 13.4 Å². The Balaban J connectivity index is 2.35. The van der Waals surface area contributed by atoms with Crippen LogP contribution in [-0.4, -0.2) is 48.2 Å². The number of aliphatic hydroxyl groups is 1. The Labute approximate surface area is 122 Å². The van der Waals surface area contributed by atoms with Gasteiger partial charge in [0.2, 0.25) is 0 Å². The molecule has 1 aromatic heterocycles. The maximum absolute atomic E-state index is 11.9. The first-order valence-electron chi connectivity index (χ1n) is 5.99. The van der Waals surface area contributed by atoms with Crippen LogP contribution in [0.4, 0.5) is 5.13 Å². The summed E-state index contributed by atoms with van der Waals surface area (Å²) in [5, 5.41) is 9.85. The summed E-state index contributed by atoms with van der Waals surface area (Å²) in [6.07, 6.45) is 0.703. The normalized spacial score (nSPS) is 22.5. The molecule has 0 saturated carbocycles. The molecule has 2 rings (SSSR count). The third-order valence-electron chi connectivity index (χ3n) is 3.03. The molecule has 0 aromatic carbocycles. The number of hydrogen-bond acceptors (Lipinski definition) is 7. The second-order valence-corrected chi connectivity index (χ2v) is 9.04. The molecule has 1 aliphatic heterocycles. The van der Waals surface area contributed by atoms with Gasteiger partial charge in [0.1, 0.15) is 5.37 Å². The van der Waals surface area contributed by atoms with Crippen molar-refractivity contribution in [2.75, 3.05) is 29.2 Å². The summed E-state index contributed by atoms with van der Waals surface area (Å²) in [5.74, 6) is 1.47. The van der Waals surface area contributed by atoms with E-state index < -0.39 is 21.3 Å². The fraction of sp³-hybridized carbons (Fsp3) is 0.727. The van der Waals surface area contributed by atoms with Gasteiger partial charge in [-0.3, -0.25) is 0 Å². The first kappa shape index (κ1) is 15.1. The van der Waals surface area contributed by atoms with Crippen molar-refractivity contribution in [3.05, 3.63) is 10.6 Å². The van der Waals surface area contributed by atoms with Crippen molar-refractivity contribution >= 4 is 38.1 Å². The summed E-state index contributed by atoms with van der Waals surface area (Å²) < 4.78 is 23.7. The molecule has 1 saturated heterocycles. The van der Waals surface area contributed by atoms with Crippen molar-refractivity contribution in [2.45, 2.75) is 25.3 Å². The Kier molecular flexibility index (Phi) is 4.44. The molecule has 108 valence electrons. The summed E-state index contributed by atoms with van der Waals surface area (Å²) in [4.78, 5) is 7.09. The summed E-state index contributed by atoms with van der Waals surface area (Å²) in [6, 6.07) is 0. The molecule has 0 spiro atoms. The highest BCUT2D eigenvalue weighted by molar-refractivity contribution is 8.01. The lowest BCUT2D eigenvalue weighted by atomic mass is 10.3. The molecule has 2 unspecified atom stereocenters. The minimum Gasteiger partial charge on any atom is -0.388 e. The van der Waals surface area contributed by atoms with Gasteiger partial charge in [0.15, 0.2) is 15.0 Å². The predicted octanol–water partition coefficient (Wildman–Crippen LogP) is 1.43. The quantitative estimate of drug-likeness (QED) is 0.908. The first-order chi connectivity index (χ1) is 8.80. The predicted molar refractivity (Wildman–Crippen MR) is 80.8 cm³/mol. The molecule has 0 amide bonds. The van der Waals surface area contributed by atoms with Gasteiger partial charge in [0.05, 0.1) is 16.7 Å². The number of thioether (sulfide) groups is 1. The molecule has 8 heteroatoms. The molecule has 1 fully saturated rings. The van der Waals surface area contributed by atoms with Crippen LogP contribution < -0.4 is 4.90 Å². The van der Waals surface area contributed by atoms with E-state index >= 15 is 0 Å². The Hall–Kier alpha value is -0.310. The van der Waals surface area contributed by atoms with Crippen LogP contribution in [0.1, 0.15) is 23.6 Å². The van der Waals surface area contributed by atoms with E-state index in [0.29, 0.717) is 17.4 Å².